The van der Waals surface area contributed by atoms with E-state index in [1.165, 1.54) is 64.2 Å². The number of rotatable bonds is 12. The number of carboxylic acid groups (broad SMARTS) is 1. The van der Waals surface area contributed by atoms with E-state index in [9.17, 15) is 4.79 Å². The molecule has 0 saturated heterocycles. The Bertz CT molecular complexity index is 376. The molecule has 0 saturated carbocycles. The molecule has 0 atom stereocenters. The number of hydrogen-bond acceptors (Lipinski definition) is 1. The number of carboxylic acids is 1. The minimum atomic E-state index is -0.862. The average Bonchev–Trinajstić information content (AvgIpc) is 2.50. The molecule has 0 aliphatic rings. The summed E-state index contributed by atoms with van der Waals surface area (Å²) < 4.78 is 0. The topological polar surface area (TPSA) is 37.3 Å². The van der Waals surface area contributed by atoms with Gasteiger partial charge in [0.25, 0.3) is 0 Å². The zero-order valence-corrected chi connectivity index (χ0v) is 14.3. The third kappa shape index (κ3) is 18.6. The zero-order chi connectivity index (χ0) is 16.3. The van der Waals surface area contributed by atoms with E-state index in [-0.39, 0.29) is 6.42 Å². The fraction of sp³-hybridized carbons (Fsp3) is 0.750. The molecule has 0 bridgehead atoms. The lowest BCUT2D eigenvalue weighted by Gasteiger charge is -2.00. The molecule has 2 nitrogen and oxygen atoms in total. The summed E-state index contributed by atoms with van der Waals surface area (Å²) in [7, 11) is 0. The summed E-state index contributed by atoms with van der Waals surface area (Å²) in [6.07, 6.45) is 15.9. The largest absolute Gasteiger partial charge is 0.481 e. The van der Waals surface area contributed by atoms with E-state index in [0.29, 0.717) is 6.42 Å². The molecule has 0 aromatic carbocycles. The molecule has 22 heavy (non-hydrogen) atoms. The van der Waals surface area contributed by atoms with E-state index in [4.69, 9.17) is 5.11 Å². The Balaban J connectivity index is 3.21. The van der Waals surface area contributed by atoms with Gasteiger partial charge >= 0.3 is 5.97 Å². The maximum atomic E-state index is 10.2. The van der Waals surface area contributed by atoms with Crippen molar-refractivity contribution in [3.63, 3.8) is 0 Å². The van der Waals surface area contributed by atoms with E-state index in [2.05, 4.69) is 30.6 Å². The van der Waals surface area contributed by atoms with Crippen molar-refractivity contribution in [2.24, 2.45) is 0 Å². The van der Waals surface area contributed by atoms with Crippen LogP contribution in [0.4, 0.5) is 0 Å². The Morgan fingerprint density at radius 1 is 0.682 bits per heavy atom. The Hall–Kier alpha value is -1.41. The highest BCUT2D eigenvalue weighted by Crippen LogP contribution is 2.10. The third-order valence-electron chi connectivity index (χ3n) is 3.52. The standard InChI is InChI=1S/C20H32O2/c1-2-3-4-5-6-7-8-9-10-11-12-13-14-15-16-17-18-19-20(21)22/h2-12,15-16,19H2,1H3,(H,21,22). The first-order valence-corrected chi connectivity index (χ1v) is 8.90. The van der Waals surface area contributed by atoms with Crippen molar-refractivity contribution in [3.05, 3.63) is 0 Å². The normalized spacial score (nSPS) is 9.50. The lowest BCUT2D eigenvalue weighted by molar-refractivity contribution is -0.135. The van der Waals surface area contributed by atoms with Gasteiger partial charge in [-0.25, -0.2) is 0 Å². The Morgan fingerprint density at radius 3 is 1.68 bits per heavy atom. The van der Waals surface area contributed by atoms with Crippen molar-refractivity contribution in [1.29, 1.82) is 0 Å². The Morgan fingerprint density at radius 2 is 1.14 bits per heavy atom. The van der Waals surface area contributed by atoms with Gasteiger partial charge in [-0.15, -0.1) is 17.8 Å². The Labute approximate surface area is 137 Å². The van der Waals surface area contributed by atoms with Crippen molar-refractivity contribution in [2.45, 2.75) is 96.8 Å². The highest BCUT2D eigenvalue weighted by molar-refractivity contribution is 5.69. The van der Waals surface area contributed by atoms with Crippen molar-refractivity contribution in [2.75, 3.05) is 0 Å². The molecule has 0 amide bonds. The first kappa shape index (κ1) is 20.6. The summed E-state index contributed by atoms with van der Waals surface area (Å²) in [4.78, 5) is 10.2. The van der Waals surface area contributed by atoms with Gasteiger partial charge in [0.1, 0.15) is 6.42 Å². The van der Waals surface area contributed by atoms with E-state index >= 15 is 0 Å². The number of carbonyl (C=O) groups is 1. The fourth-order valence-electron chi connectivity index (χ4n) is 2.23. The lowest BCUT2D eigenvalue weighted by atomic mass is 10.1. The van der Waals surface area contributed by atoms with Gasteiger partial charge in [-0.1, -0.05) is 70.6 Å². The molecule has 0 rings (SSSR count). The predicted molar refractivity (Wildman–Crippen MR) is 93.5 cm³/mol. The van der Waals surface area contributed by atoms with Crippen LogP contribution in [0.25, 0.3) is 0 Å². The minimum Gasteiger partial charge on any atom is -0.481 e. The fourth-order valence-corrected chi connectivity index (χ4v) is 2.23. The maximum Gasteiger partial charge on any atom is 0.315 e. The van der Waals surface area contributed by atoms with Crippen LogP contribution in [0.15, 0.2) is 0 Å². The second-order valence-electron chi connectivity index (χ2n) is 5.71. The van der Waals surface area contributed by atoms with E-state index in [1.54, 1.807) is 0 Å². The monoisotopic (exact) mass is 304 g/mol. The summed E-state index contributed by atoms with van der Waals surface area (Å²) in [5.41, 5.74) is 0. The second-order valence-corrected chi connectivity index (χ2v) is 5.71. The lowest BCUT2D eigenvalue weighted by Crippen LogP contribution is -1.89. The molecule has 0 aliphatic heterocycles. The van der Waals surface area contributed by atoms with Crippen LogP contribution in [-0.2, 0) is 4.79 Å². The van der Waals surface area contributed by atoms with Gasteiger partial charge in [0, 0.05) is 19.3 Å². The smallest absolute Gasteiger partial charge is 0.315 e. The molecule has 0 aromatic heterocycles. The first-order chi connectivity index (χ1) is 10.8. The molecular weight excluding hydrogens is 272 g/mol. The minimum absolute atomic E-state index is 0.0635. The highest BCUT2D eigenvalue weighted by Gasteiger charge is 1.91. The summed E-state index contributed by atoms with van der Waals surface area (Å²) in [6.45, 7) is 2.26. The average molecular weight is 304 g/mol. The molecule has 0 unspecified atom stereocenters. The van der Waals surface area contributed by atoms with Crippen LogP contribution in [0.5, 0.6) is 0 Å². The second kappa shape index (κ2) is 17.6. The van der Waals surface area contributed by atoms with Gasteiger partial charge < -0.3 is 5.11 Å². The van der Waals surface area contributed by atoms with Crippen LogP contribution < -0.4 is 0 Å². The molecule has 0 heterocycles. The molecule has 1 N–H and O–H groups in total. The summed E-state index contributed by atoms with van der Waals surface area (Å²) in [6, 6.07) is 0. The predicted octanol–water partition coefficient (Wildman–Crippen LogP) is 5.56. The quantitative estimate of drug-likeness (QED) is 0.378. The van der Waals surface area contributed by atoms with Crippen LogP contribution in [-0.4, -0.2) is 11.1 Å². The van der Waals surface area contributed by atoms with Crippen molar-refractivity contribution in [1.82, 2.24) is 0 Å². The molecule has 2 heteroatoms. The van der Waals surface area contributed by atoms with E-state index in [1.807, 2.05) is 0 Å². The van der Waals surface area contributed by atoms with Gasteiger partial charge in [-0.2, -0.15) is 0 Å². The van der Waals surface area contributed by atoms with Crippen LogP contribution in [0, 0.1) is 23.7 Å². The van der Waals surface area contributed by atoms with E-state index < -0.39 is 5.97 Å². The van der Waals surface area contributed by atoms with Crippen molar-refractivity contribution in [3.8, 4) is 23.7 Å². The maximum absolute atomic E-state index is 10.2. The molecule has 0 aliphatic carbocycles. The summed E-state index contributed by atoms with van der Waals surface area (Å²) in [5, 5.41) is 8.41. The zero-order valence-electron chi connectivity index (χ0n) is 14.3. The van der Waals surface area contributed by atoms with Gasteiger partial charge in [-0.05, 0) is 6.42 Å². The van der Waals surface area contributed by atoms with Crippen LogP contribution in [0.2, 0.25) is 0 Å². The van der Waals surface area contributed by atoms with Crippen molar-refractivity contribution < 1.29 is 9.90 Å². The molecule has 0 radical (unpaired) electrons. The molecule has 0 spiro atoms. The molecule has 124 valence electrons. The SMILES string of the molecule is CCCCCCCCCCCCC#CCCC#CCC(=O)O. The molecular formula is C20H32O2. The highest BCUT2D eigenvalue weighted by atomic mass is 16.4. The van der Waals surface area contributed by atoms with Gasteiger partial charge in [0.05, 0.1) is 0 Å². The first-order valence-electron chi connectivity index (χ1n) is 8.90. The van der Waals surface area contributed by atoms with Gasteiger partial charge in [0.2, 0.25) is 0 Å². The van der Waals surface area contributed by atoms with Crippen molar-refractivity contribution >= 4 is 5.97 Å². The number of aliphatic carboxylic acids is 1. The Kier molecular flexibility index (Phi) is 16.5. The molecule has 0 fully saturated rings. The van der Waals surface area contributed by atoms with Gasteiger partial charge in [0.15, 0.2) is 0 Å². The summed E-state index contributed by atoms with van der Waals surface area (Å²) >= 11 is 0. The van der Waals surface area contributed by atoms with Gasteiger partial charge in [-0.3, -0.25) is 4.79 Å². The van der Waals surface area contributed by atoms with Crippen LogP contribution >= 0.6 is 0 Å². The van der Waals surface area contributed by atoms with E-state index in [0.717, 1.165) is 12.8 Å². The number of hydrogen-bond donors (Lipinski definition) is 1. The number of unbranched alkanes of at least 4 members (excludes halogenated alkanes) is 11. The molecule has 0 aromatic rings. The van der Waals surface area contributed by atoms with Crippen LogP contribution in [0.1, 0.15) is 96.8 Å². The summed E-state index contributed by atoms with van der Waals surface area (Å²) in [5.74, 6) is 10.9. The van der Waals surface area contributed by atoms with Crippen LogP contribution in [0.3, 0.4) is 0 Å². The third-order valence-corrected chi connectivity index (χ3v) is 3.52.